The van der Waals surface area contributed by atoms with Gasteiger partial charge in [0.25, 0.3) is 0 Å². The van der Waals surface area contributed by atoms with Crippen molar-refractivity contribution in [3.8, 4) is 0 Å². The summed E-state index contributed by atoms with van der Waals surface area (Å²) < 4.78 is 5.30. The fraction of sp³-hybridized carbons (Fsp3) is 0.381. The minimum Gasteiger partial charge on any atom is -0.443 e. The van der Waals surface area contributed by atoms with Crippen molar-refractivity contribution < 1.29 is 14.3 Å². The molecule has 1 aromatic carbocycles. The first-order valence-electron chi connectivity index (χ1n) is 9.82. The molecule has 0 saturated carbocycles. The number of carbonyl (C=O) groups is 2. The second-order valence-corrected chi connectivity index (χ2v) is 7.79. The van der Waals surface area contributed by atoms with Crippen LogP contribution in [0.2, 0.25) is 10.0 Å². The molecule has 30 heavy (non-hydrogen) atoms. The predicted molar refractivity (Wildman–Crippen MR) is 116 cm³/mol. The largest absolute Gasteiger partial charge is 0.443 e. The molecule has 2 aromatic rings. The maximum atomic E-state index is 12.7. The minimum absolute atomic E-state index is 0.151. The van der Waals surface area contributed by atoms with Crippen LogP contribution in [-0.4, -0.2) is 41.6 Å². The highest BCUT2D eigenvalue weighted by Crippen LogP contribution is 2.35. The number of rotatable bonds is 5. The van der Waals surface area contributed by atoms with Crippen LogP contribution in [0.15, 0.2) is 42.7 Å². The van der Waals surface area contributed by atoms with Crippen LogP contribution in [0.5, 0.6) is 0 Å². The van der Waals surface area contributed by atoms with E-state index in [2.05, 4.69) is 15.3 Å². The predicted octanol–water partition coefficient (Wildman–Crippen LogP) is 4.29. The third-order valence-electron chi connectivity index (χ3n) is 5.00. The average molecular weight is 451 g/mol. The molecule has 0 aliphatic carbocycles. The van der Waals surface area contributed by atoms with Crippen molar-refractivity contribution in [2.75, 3.05) is 24.5 Å². The third kappa shape index (κ3) is 5.55. The van der Waals surface area contributed by atoms with Crippen molar-refractivity contribution in [1.82, 2.24) is 15.4 Å². The van der Waals surface area contributed by atoms with Crippen LogP contribution in [0.4, 0.5) is 10.5 Å². The lowest BCUT2D eigenvalue weighted by atomic mass is 9.96. The Labute approximate surface area is 185 Å². The van der Waals surface area contributed by atoms with Crippen molar-refractivity contribution in [3.05, 3.63) is 58.3 Å². The zero-order chi connectivity index (χ0) is 21.5. The molecule has 2 amide bonds. The Bertz CT molecular complexity index is 854. The molecule has 1 aromatic heterocycles. The Kier molecular flexibility index (Phi) is 7.76. The molecule has 0 radical (unpaired) electrons. The lowest BCUT2D eigenvalue weighted by molar-refractivity contribution is -0.130. The zero-order valence-corrected chi connectivity index (χ0v) is 18.2. The smallest absolute Gasteiger partial charge is 0.428 e. The van der Waals surface area contributed by atoms with E-state index in [1.165, 1.54) is 5.01 Å². The fourth-order valence-corrected chi connectivity index (χ4v) is 3.95. The van der Waals surface area contributed by atoms with E-state index in [0.717, 1.165) is 11.3 Å². The summed E-state index contributed by atoms with van der Waals surface area (Å²) in [6, 6.07) is 9.39. The summed E-state index contributed by atoms with van der Waals surface area (Å²) in [5.74, 6) is -0.406. The van der Waals surface area contributed by atoms with Gasteiger partial charge in [-0.3, -0.25) is 15.2 Å². The van der Waals surface area contributed by atoms with Crippen LogP contribution >= 0.6 is 23.2 Å². The highest BCUT2D eigenvalue weighted by molar-refractivity contribution is 6.38. The normalized spacial score (nSPS) is 14.3. The molecule has 0 bridgehead atoms. The van der Waals surface area contributed by atoms with Crippen LogP contribution in [-0.2, 0) is 16.1 Å². The number of amides is 2. The van der Waals surface area contributed by atoms with Gasteiger partial charge in [-0.05, 0) is 25.3 Å². The first-order chi connectivity index (χ1) is 14.5. The maximum Gasteiger partial charge on any atom is 0.428 e. The number of carbonyl (C=O) groups excluding carboxylic acids is 2. The van der Waals surface area contributed by atoms with Gasteiger partial charge in [0.15, 0.2) is 0 Å². The average Bonchev–Trinajstić information content (AvgIpc) is 2.76. The van der Waals surface area contributed by atoms with Gasteiger partial charge in [0.2, 0.25) is 5.91 Å². The lowest BCUT2D eigenvalue weighted by Gasteiger charge is -2.34. The molecule has 160 valence electrons. The van der Waals surface area contributed by atoms with E-state index in [1.807, 2.05) is 30.3 Å². The van der Waals surface area contributed by atoms with Gasteiger partial charge in [-0.25, -0.2) is 9.80 Å². The van der Waals surface area contributed by atoms with E-state index in [0.29, 0.717) is 42.5 Å². The van der Waals surface area contributed by atoms with Crippen molar-refractivity contribution in [1.29, 1.82) is 0 Å². The summed E-state index contributed by atoms with van der Waals surface area (Å²) >= 11 is 12.5. The number of hydrazine groups is 1. The summed E-state index contributed by atoms with van der Waals surface area (Å²) in [6.45, 7) is 3.50. The molecule has 3 rings (SSSR count). The van der Waals surface area contributed by atoms with Crippen LogP contribution < -0.4 is 10.3 Å². The summed E-state index contributed by atoms with van der Waals surface area (Å²) in [4.78, 5) is 31.0. The molecule has 7 nitrogen and oxygen atoms in total. The van der Waals surface area contributed by atoms with E-state index in [9.17, 15) is 9.59 Å². The molecule has 1 aliphatic heterocycles. The summed E-state index contributed by atoms with van der Waals surface area (Å²) in [5, 5.41) is 2.18. The second-order valence-electron chi connectivity index (χ2n) is 6.97. The standard InChI is InChI=1S/C21H24Cl2N4O3/c1-2-27(21(29)30-14-15-6-4-3-5-7-15)25-20(28)16-8-10-26(11-9-16)19-17(22)12-24-13-18(19)23/h3-7,12-13,16H,2,8-11,14H2,1H3,(H,25,28). The molecular weight excluding hydrogens is 427 g/mol. The molecule has 1 N–H and O–H groups in total. The number of piperidine rings is 1. The number of nitrogens with zero attached hydrogens (tertiary/aromatic N) is 3. The molecule has 0 spiro atoms. The topological polar surface area (TPSA) is 74.8 Å². The highest BCUT2D eigenvalue weighted by atomic mass is 35.5. The van der Waals surface area contributed by atoms with E-state index in [-0.39, 0.29) is 18.4 Å². The van der Waals surface area contributed by atoms with Gasteiger partial charge in [-0.1, -0.05) is 53.5 Å². The number of nitrogens with one attached hydrogen (secondary N) is 1. The summed E-state index contributed by atoms with van der Waals surface area (Å²) in [6.07, 6.45) is 3.78. The quantitative estimate of drug-likeness (QED) is 0.687. The molecule has 1 fully saturated rings. The molecule has 0 unspecified atom stereocenters. The van der Waals surface area contributed by atoms with Gasteiger partial charge < -0.3 is 9.64 Å². The lowest BCUT2D eigenvalue weighted by Crippen LogP contribution is -2.50. The molecule has 1 saturated heterocycles. The SMILES string of the molecule is CCN(NC(=O)C1CCN(c2c(Cl)cncc2Cl)CC1)C(=O)OCc1ccccc1. The number of anilines is 1. The number of ether oxygens (including phenoxy) is 1. The number of benzene rings is 1. The Morgan fingerprint density at radius 1 is 1.17 bits per heavy atom. The maximum absolute atomic E-state index is 12.7. The number of hydrogen-bond acceptors (Lipinski definition) is 5. The first-order valence-corrected chi connectivity index (χ1v) is 10.6. The summed E-state index contributed by atoms with van der Waals surface area (Å²) in [7, 11) is 0. The fourth-order valence-electron chi connectivity index (χ4n) is 3.35. The van der Waals surface area contributed by atoms with Crippen LogP contribution in [0.1, 0.15) is 25.3 Å². The monoisotopic (exact) mass is 450 g/mol. The van der Waals surface area contributed by atoms with Crippen molar-refractivity contribution in [2.24, 2.45) is 5.92 Å². The zero-order valence-electron chi connectivity index (χ0n) is 16.7. The van der Waals surface area contributed by atoms with Crippen molar-refractivity contribution >= 4 is 40.9 Å². The molecular formula is C21H24Cl2N4O3. The van der Waals surface area contributed by atoms with E-state index in [1.54, 1.807) is 19.3 Å². The minimum atomic E-state index is -0.581. The Morgan fingerprint density at radius 3 is 2.40 bits per heavy atom. The van der Waals surface area contributed by atoms with Gasteiger partial charge in [0.05, 0.1) is 15.7 Å². The Morgan fingerprint density at radius 2 is 1.80 bits per heavy atom. The number of hydrogen-bond donors (Lipinski definition) is 1. The van der Waals surface area contributed by atoms with E-state index in [4.69, 9.17) is 27.9 Å². The van der Waals surface area contributed by atoms with Gasteiger partial charge in [0, 0.05) is 37.9 Å². The van der Waals surface area contributed by atoms with Crippen molar-refractivity contribution in [3.63, 3.8) is 0 Å². The van der Waals surface area contributed by atoms with Crippen LogP contribution in [0.25, 0.3) is 0 Å². The van der Waals surface area contributed by atoms with Gasteiger partial charge in [0.1, 0.15) is 6.61 Å². The molecule has 9 heteroatoms. The third-order valence-corrected chi connectivity index (χ3v) is 5.55. The second kappa shape index (κ2) is 10.5. The Balaban J connectivity index is 1.51. The summed E-state index contributed by atoms with van der Waals surface area (Å²) in [5.41, 5.74) is 4.31. The van der Waals surface area contributed by atoms with Gasteiger partial charge in [-0.15, -0.1) is 0 Å². The molecule has 2 heterocycles. The van der Waals surface area contributed by atoms with Crippen molar-refractivity contribution in [2.45, 2.75) is 26.4 Å². The number of halogens is 2. The van der Waals surface area contributed by atoms with Crippen LogP contribution in [0.3, 0.4) is 0 Å². The highest BCUT2D eigenvalue weighted by Gasteiger charge is 2.29. The Hall–Kier alpha value is -2.51. The van der Waals surface area contributed by atoms with E-state index < -0.39 is 6.09 Å². The van der Waals surface area contributed by atoms with Gasteiger partial charge >= 0.3 is 6.09 Å². The van der Waals surface area contributed by atoms with E-state index >= 15 is 0 Å². The first kappa shape index (κ1) is 22.2. The van der Waals surface area contributed by atoms with Crippen LogP contribution in [0, 0.1) is 5.92 Å². The number of aromatic nitrogens is 1. The number of pyridine rings is 1. The van der Waals surface area contributed by atoms with Gasteiger partial charge in [-0.2, -0.15) is 0 Å². The molecule has 0 atom stereocenters. The molecule has 1 aliphatic rings.